The van der Waals surface area contributed by atoms with Crippen molar-refractivity contribution in [1.82, 2.24) is 15.5 Å². The summed E-state index contributed by atoms with van der Waals surface area (Å²) < 4.78 is 0. The first-order chi connectivity index (χ1) is 8.63. The number of halogens is 1. The Bertz CT molecular complexity index is 213. The molecule has 0 aromatic heterocycles. The Morgan fingerprint density at radius 3 is 2.11 bits per heavy atom. The summed E-state index contributed by atoms with van der Waals surface area (Å²) in [6.07, 6.45) is 3.65. The predicted molar refractivity (Wildman–Crippen MR) is 96.7 cm³/mol. The second-order valence-electron chi connectivity index (χ2n) is 4.99. The molecule has 5 heteroatoms. The van der Waals surface area contributed by atoms with Gasteiger partial charge in [-0.25, -0.2) is 0 Å². The zero-order chi connectivity index (χ0) is 13.8. The number of nitrogens with zero attached hydrogens (tertiary/aromatic N) is 2. The Balaban J connectivity index is 0. The van der Waals surface area contributed by atoms with Crippen molar-refractivity contribution in [2.24, 2.45) is 4.99 Å². The highest BCUT2D eigenvalue weighted by atomic mass is 127. The quantitative estimate of drug-likeness (QED) is 0.278. The molecule has 0 spiro atoms. The standard InChI is InChI=1S/C14H32N4.HI/c1-6-10-18(11-7-2)12-8-9-16-14(15-5)17-13(3)4;/h13H,6-12H2,1-5H3,(H2,15,16,17);1H. The third kappa shape index (κ3) is 12.7. The maximum atomic E-state index is 4.20. The molecule has 19 heavy (non-hydrogen) atoms. The van der Waals surface area contributed by atoms with E-state index in [2.05, 4.69) is 48.2 Å². The molecule has 0 radical (unpaired) electrons. The lowest BCUT2D eigenvalue weighted by atomic mass is 10.3. The van der Waals surface area contributed by atoms with Crippen molar-refractivity contribution in [2.75, 3.05) is 33.2 Å². The normalized spacial score (nSPS) is 11.6. The largest absolute Gasteiger partial charge is 0.356 e. The van der Waals surface area contributed by atoms with Crippen LogP contribution >= 0.6 is 24.0 Å². The summed E-state index contributed by atoms with van der Waals surface area (Å²) in [4.78, 5) is 6.74. The molecule has 0 unspecified atom stereocenters. The molecular formula is C14H33IN4. The van der Waals surface area contributed by atoms with Crippen molar-refractivity contribution in [1.29, 1.82) is 0 Å². The summed E-state index contributed by atoms with van der Waals surface area (Å²) in [5.41, 5.74) is 0. The fourth-order valence-electron chi connectivity index (χ4n) is 1.95. The Hall–Kier alpha value is -0.0400. The van der Waals surface area contributed by atoms with Gasteiger partial charge in [0.25, 0.3) is 0 Å². The summed E-state index contributed by atoms with van der Waals surface area (Å²) >= 11 is 0. The number of hydrogen-bond donors (Lipinski definition) is 2. The molecule has 0 rings (SSSR count). The molecule has 0 aliphatic rings. The zero-order valence-corrected chi connectivity index (χ0v) is 15.7. The van der Waals surface area contributed by atoms with Crippen molar-refractivity contribution in [3.63, 3.8) is 0 Å². The third-order valence-electron chi connectivity index (χ3n) is 2.67. The first kappa shape index (κ1) is 21.3. The van der Waals surface area contributed by atoms with Gasteiger partial charge in [0.05, 0.1) is 0 Å². The fraction of sp³-hybridized carbons (Fsp3) is 0.929. The van der Waals surface area contributed by atoms with E-state index in [0.29, 0.717) is 6.04 Å². The average molecular weight is 384 g/mol. The van der Waals surface area contributed by atoms with Gasteiger partial charge in [0.15, 0.2) is 5.96 Å². The van der Waals surface area contributed by atoms with Gasteiger partial charge in [-0.1, -0.05) is 13.8 Å². The molecule has 0 saturated heterocycles. The van der Waals surface area contributed by atoms with Crippen LogP contribution in [0.5, 0.6) is 0 Å². The molecule has 0 fully saturated rings. The molecule has 0 atom stereocenters. The minimum Gasteiger partial charge on any atom is -0.356 e. The van der Waals surface area contributed by atoms with Crippen molar-refractivity contribution in [3.05, 3.63) is 0 Å². The Kier molecular flexibility index (Phi) is 16.1. The van der Waals surface area contributed by atoms with Crippen LogP contribution in [0.15, 0.2) is 4.99 Å². The van der Waals surface area contributed by atoms with Gasteiger partial charge >= 0.3 is 0 Å². The lowest BCUT2D eigenvalue weighted by Gasteiger charge is -2.21. The number of guanidine groups is 1. The molecule has 0 aliphatic heterocycles. The van der Waals surface area contributed by atoms with Gasteiger partial charge in [-0.05, 0) is 52.7 Å². The molecule has 0 aliphatic carbocycles. The number of rotatable bonds is 9. The average Bonchev–Trinajstić information content (AvgIpc) is 2.33. The Labute approximate surface area is 136 Å². The van der Waals surface area contributed by atoms with Crippen LogP contribution in [0, 0.1) is 0 Å². The molecule has 2 N–H and O–H groups in total. The van der Waals surface area contributed by atoms with Crippen LogP contribution < -0.4 is 10.6 Å². The van der Waals surface area contributed by atoms with Gasteiger partial charge in [-0.15, -0.1) is 24.0 Å². The van der Waals surface area contributed by atoms with Gasteiger partial charge in [-0.3, -0.25) is 4.99 Å². The molecule has 116 valence electrons. The molecule has 4 nitrogen and oxygen atoms in total. The van der Waals surface area contributed by atoms with E-state index in [4.69, 9.17) is 0 Å². The monoisotopic (exact) mass is 384 g/mol. The summed E-state index contributed by atoms with van der Waals surface area (Å²) in [5.74, 6) is 0.905. The van der Waals surface area contributed by atoms with E-state index in [1.807, 2.05) is 7.05 Å². The molecule has 0 saturated carbocycles. The van der Waals surface area contributed by atoms with Crippen LogP contribution in [-0.4, -0.2) is 50.1 Å². The van der Waals surface area contributed by atoms with E-state index in [0.717, 1.165) is 12.5 Å². The highest BCUT2D eigenvalue weighted by Crippen LogP contribution is 1.95. The van der Waals surface area contributed by atoms with Gasteiger partial charge < -0.3 is 15.5 Å². The van der Waals surface area contributed by atoms with Crippen molar-refractivity contribution in [2.45, 2.75) is 53.0 Å². The van der Waals surface area contributed by atoms with E-state index in [1.165, 1.54) is 38.9 Å². The van der Waals surface area contributed by atoms with Crippen LogP contribution in [0.4, 0.5) is 0 Å². The van der Waals surface area contributed by atoms with Gasteiger partial charge in [-0.2, -0.15) is 0 Å². The highest BCUT2D eigenvalue weighted by molar-refractivity contribution is 14.0. The van der Waals surface area contributed by atoms with Crippen molar-refractivity contribution >= 4 is 29.9 Å². The first-order valence-electron chi connectivity index (χ1n) is 7.33. The molecular weight excluding hydrogens is 351 g/mol. The maximum Gasteiger partial charge on any atom is 0.191 e. The number of nitrogens with one attached hydrogen (secondary N) is 2. The van der Waals surface area contributed by atoms with Gasteiger partial charge in [0.1, 0.15) is 0 Å². The lowest BCUT2D eigenvalue weighted by molar-refractivity contribution is 0.271. The van der Waals surface area contributed by atoms with Crippen molar-refractivity contribution < 1.29 is 0 Å². The van der Waals surface area contributed by atoms with E-state index in [9.17, 15) is 0 Å². The third-order valence-corrected chi connectivity index (χ3v) is 2.67. The summed E-state index contributed by atoms with van der Waals surface area (Å²) in [6, 6.07) is 0.424. The Morgan fingerprint density at radius 2 is 1.68 bits per heavy atom. The minimum absolute atomic E-state index is 0. The Morgan fingerprint density at radius 1 is 1.11 bits per heavy atom. The maximum absolute atomic E-state index is 4.20. The first-order valence-corrected chi connectivity index (χ1v) is 7.33. The topological polar surface area (TPSA) is 39.7 Å². The molecule has 0 bridgehead atoms. The summed E-state index contributed by atoms with van der Waals surface area (Å²) in [5, 5.41) is 6.65. The van der Waals surface area contributed by atoms with Crippen molar-refractivity contribution in [3.8, 4) is 0 Å². The molecule has 0 aromatic rings. The summed E-state index contributed by atoms with van der Waals surface area (Å²) in [7, 11) is 1.82. The second-order valence-corrected chi connectivity index (χ2v) is 4.99. The van der Waals surface area contributed by atoms with E-state index < -0.39 is 0 Å². The molecule has 0 amide bonds. The van der Waals surface area contributed by atoms with Crippen LogP contribution in [0.3, 0.4) is 0 Å². The van der Waals surface area contributed by atoms with Crippen LogP contribution in [-0.2, 0) is 0 Å². The predicted octanol–water partition coefficient (Wildman–Crippen LogP) is 2.69. The zero-order valence-electron chi connectivity index (χ0n) is 13.3. The second kappa shape index (κ2) is 14.4. The van der Waals surface area contributed by atoms with Gasteiger partial charge in [0.2, 0.25) is 0 Å². The van der Waals surface area contributed by atoms with Crippen LogP contribution in [0.2, 0.25) is 0 Å². The van der Waals surface area contributed by atoms with Crippen LogP contribution in [0.25, 0.3) is 0 Å². The SMILES string of the molecule is CCCN(CCC)CCCNC(=NC)NC(C)C.I. The van der Waals surface area contributed by atoms with E-state index in [1.54, 1.807) is 0 Å². The molecule has 0 aromatic carbocycles. The smallest absolute Gasteiger partial charge is 0.191 e. The number of hydrogen-bond acceptors (Lipinski definition) is 2. The van der Waals surface area contributed by atoms with E-state index in [-0.39, 0.29) is 24.0 Å². The van der Waals surface area contributed by atoms with Gasteiger partial charge in [0, 0.05) is 19.6 Å². The number of aliphatic imine (C=N–C) groups is 1. The van der Waals surface area contributed by atoms with Crippen LogP contribution in [0.1, 0.15) is 47.0 Å². The minimum atomic E-state index is 0. The molecule has 0 heterocycles. The highest BCUT2D eigenvalue weighted by Gasteiger charge is 2.03. The lowest BCUT2D eigenvalue weighted by Crippen LogP contribution is -2.42. The summed E-state index contributed by atoms with van der Waals surface area (Å²) in [6.45, 7) is 13.3. The fourth-order valence-corrected chi connectivity index (χ4v) is 1.95. The van der Waals surface area contributed by atoms with E-state index >= 15 is 0 Å².